The van der Waals surface area contributed by atoms with Crippen molar-refractivity contribution in [3.63, 3.8) is 0 Å². The Bertz CT molecular complexity index is 616. The van der Waals surface area contributed by atoms with E-state index in [1.807, 2.05) is 19.2 Å². The molecule has 0 saturated carbocycles. The summed E-state index contributed by atoms with van der Waals surface area (Å²) >= 11 is 0. The van der Waals surface area contributed by atoms with Crippen LogP contribution < -0.4 is 19.5 Å². The van der Waals surface area contributed by atoms with Gasteiger partial charge in [0.25, 0.3) is 0 Å². The van der Waals surface area contributed by atoms with Gasteiger partial charge in [0.1, 0.15) is 17.2 Å². The number of rotatable bonds is 8. The summed E-state index contributed by atoms with van der Waals surface area (Å²) in [6, 6.07) is 3.78. The minimum atomic E-state index is 0.707. The first-order chi connectivity index (χ1) is 13.5. The summed E-state index contributed by atoms with van der Waals surface area (Å²) in [7, 11) is 6.82. The van der Waals surface area contributed by atoms with Gasteiger partial charge in [0.15, 0.2) is 5.96 Å². The maximum absolute atomic E-state index is 5.54. The number of hydrogen-bond acceptors (Lipinski definition) is 5. The van der Waals surface area contributed by atoms with E-state index in [9.17, 15) is 0 Å². The maximum atomic E-state index is 5.54. The lowest BCUT2D eigenvalue weighted by Gasteiger charge is -2.37. The SMILES string of the molecule is CN=C(NCCc1c(OC)cc(OC)cc1OC)N1CCN(CC(C)C)CC1. The van der Waals surface area contributed by atoms with Crippen LogP contribution in [0.25, 0.3) is 0 Å². The van der Waals surface area contributed by atoms with Crippen LogP contribution in [0, 0.1) is 5.92 Å². The second-order valence-corrected chi connectivity index (χ2v) is 7.42. The summed E-state index contributed by atoms with van der Waals surface area (Å²) < 4.78 is 16.4. The third-order valence-electron chi connectivity index (χ3n) is 4.98. The number of ether oxygens (including phenoxy) is 3. The lowest BCUT2D eigenvalue weighted by molar-refractivity contribution is 0.164. The second kappa shape index (κ2) is 11.0. The lowest BCUT2D eigenvalue weighted by Crippen LogP contribution is -2.53. The monoisotopic (exact) mass is 392 g/mol. The highest BCUT2D eigenvalue weighted by molar-refractivity contribution is 5.80. The van der Waals surface area contributed by atoms with Crippen molar-refractivity contribution >= 4 is 5.96 Å². The number of piperazine rings is 1. The van der Waals surface area contributed by atoms with E-state index in [0.717, 1.165) is 74.5 Å². The maximum Gasteiger partial charge on any atom is 0.193 e. The number of guanidine groups is 1. The number of benzene rings is 1. The summed E-state index contributed by atoms with van der Waals surface area (Å²) in [5, 5.41) is 3.49. The Morgan fingerprint density at radius 3 is 2.11 bits per heavy atom. The predicted octanol–water partition coefficient (Wildman–Crippen LogP) is 2.10. The molecule has 1 fully saturated rings. The van der Waals surface area contributed by atoms with E-state index in [-0.39, 0.29) is 0 Å². The van der Waals surface area contributed by atoms with Crippen molar-refractivity contribution < 1.29 is 14.2 Å². The van der Waals surface area contributed by atoms with Crippen molar-refractivity contribution in [1.29, 1.82) is 0 Å². The van der Waals surface area contributed by atoms with Gasteiger partial charge in [-0.3, -0.25) is 9.89 Å². The highest BCUT2D eigenvalue weighted by Gasteiger charge is 2.20. The molecule has 28 heavy (non-hydrogen) atoms. The Morgan fingerprint density at radius 1 is 1.04 bits per heavy atom. The number of hydrogen-bond donors (Lipinski definition) is 1. The average Bonchev–Trinajstić information content (AvgIpc) is 2.71. The molecule has 0 bridgehead atoms. The molecule has 1 N–H and O–H groups in total. The molecular formula is C21H36N4O3. The molecule has 1 heterocycles. The molecule has 2 rings (SSSR count). The Kier molecular flexibility index (Phi) is 8.70. The molecule has 0 aliphatic carbocycles. The van der Waals surface area contributed by atoms with Gasteiger partial charge in [-0.05, 0) is 12.3 Å². The Morgan fingerprint density at radius 2 is 1.64 bits per heavy atom. The van der Waals surface area contributed by atoms with Crippen molar-refractivity contribution in [2.45, 2.75) is 20.3 Å². The van der Waals surface area contributed by atoms with Crippen LogP contribution in [0.5, 0.6) is 17.2 Å². The molecule has 0 atom stereocenters. The molecule has 0 aromatic heterocycles. The van der Waals surface area contributed by atoms with Gasteiger partial charge in [-0.2, -0.15) is 0 Å². The van der Waals surface area contributed by atoms with Crippen LogP contribution in [0.15, 0.2) is 17.1 Å². The fraction of sp³-hybridized carbons (Fsp3) is 0.667. The van der Waals surface area contributed by atoms with Gasteiger partial charge in [-0.1, -0.05) is 13.8 Å². The Labute approximate surface area is 169 Å². The smallest absolute Gasteiger partial charge is 0.193 e. The van der Waals surface area contributed by atoms with Crippen LogP contribution >= 0.6 is 0 Å². The van der Waals surface area contributed by atoms with Crippen molar-refractivity contribution in [2.75, 3.05) is 67.6 Å². The number of nitrogens with one attached hydrogen (secondary N) is 1. The molecule has 0 unspecified atom stereocenters. The number of aliphatic imine (C=N–C) groups is 1. The largest absolute Gasteiger partial charge is 0.496 e. The Hall–Kier alpha value is -2.15. The standard InChI is InChI=1S/C21H36N4O3/c1-16(2)15-24-9-11-25(12-10-24)21(22-3)23-8-7-18-19(27-5)13-17(26-4)14-20(18)28-6/h13-14,16H,7-12,15H2,1-6H3,(H,22,23). The molecule has 158 valence electrons. The first kappa shape index (κ1) is 22.1. The quantitative estimate of drug-likeness (QED) is 0.540. The van der Waals surface area contributed by atoms with Crippen LogP contribution in [0.1, 0.15) is 19.4 Å². The fourth-order valence-corrected chi connectivity index (χ4v) is 3.61. The molecule has 7 nitrogen and oxygen atoms in total. The van der Waals surface area contributed by atoms with Gasteiger partial charge < -0.3 is 24.4 Å². The van der Waals surface area contributed by atoms with E-state index in [4.69, 9.17) is 14.2 Å². The van der Waals surface area contributed by atoms with Crippen molar-refractivity contribution in [2.24, 2.45) is 10.9 Å². The van der Waals surface area contributed by atoms with Crippen LogP contribution in [-0.4, -0.2) is 83.4 Å². The van der Waals surface area contributed by atoms with E-state index in [0.29, 0.717) is 5.92 Å². The molecule has 1 aliphatic heterocycles. The van der Waals surface area contributed by atoms with Crippen LogP contribution in [-0.2, 0) is 6.42 Å². The molecule has 0 amide bonds. The summed E-state index contributed by atoms with van der Waals surface area (Å²) in [6.45, 7) is 10.6. The second-order valence-electron chi connectivity index (χ2n) is 7.42. The van der Waals surface area contributed by atoms with Crippen LogP contribution in [0.3, 0.4) is 0 Å². The molecule has 0 spiro atoms. The Balaban J connectivity index is 1.93. The molecule has 7 heteroatoms. The predicted molar refractivity (Wildman–Crippen MR) is 114 cm³/mol. The normalized spacial score (nSPS) is 15.7. The van der Waals surface area contributed by atoms with Gasteiger partial charge in [-0.25, -0.2) is 0 Å². The summed E-state index contributed by atoms with van der Waals surface area (Å²) in [5.74, 6) is 3.93. The zero-order valence-corrected chi connectivity index (χ0v) is 18.2. The van der Waals surface area contributed by atoms with Crippen LogP contribution in [0.4, 0.5) is 0 Å². The van der Waals surface area contributed by atoms with E-state index >= 15 is 0 Å². The van der Waals surface area contributed by atoms with Gasteiger partial charge in [-0.15, -0.1) is 0 Å². The van der Waals surface area contributed by atoms with Crippen molar-refractivity contribution in [1.82, 2.24) is 15.1 Å². The third kappa shape index (κ3) is 5.92. The molecule has 1 aliphatic rings. The third-order valence-corrected chi connectivity index (χ3v) is 4.98. The highest BCUT2D eigenvalue weighted by atomic mass is 16.5. The minimum absolute atomic E-state index is 0.707. The molecule has 0 radical (unpaired) electrons. The summed E-state index contributed by atoms with van der Waals surface area (Å²) in [4.78, 5) is 9.33. The number of nitrogens with zero attached hydrogens (tertiary/aromatic N) is 3. The van der Waals surface area contributed by atoms with Gasteiger partial charge in [0.2, 0.25) is 0 Å². The first-order valence-corrected chi connectivity index (χ1v) is 9.99. The molecule has 1 aromatic carbocycles. The number of methoxy groups -OCH3 is 3. The average molecular weight is 393 g/mol. The fourth-order valence-electron chi connectivity index (χ4n) is 3.61. The molecular weight excluding hydrogens is 356 g/mol. The van der Waals surface area contributed by atoms with E-state index in [1.54, 1.807) is 21.3 Å². The molecule has 1 saturated heterocycles. The van der Waals surface area contributed by atoms with E-state index in [2.05, 4.69) is 34.0 Å². The minimum Gasteiger partial charge on any atom is -0.496 e. The highest BCUT2D eigenvalue weighted by Crippen LogP contribution is 2.34. The summed E-state index contributed by atoms with van der Waals surface area (Å²) in [5.41, 5.74) is 1.02. The lowest BCUT2D eigenvalue weighted by atomic mass is 10.1. The van der Waals surface area contributed by atoms with Crippen molar-refractivity contribution in [3.8, 4) is 17.2 Å². The van der Waals surface area contributed by atoms with E-state index in [1.165, 1.54) is 0 Å². The van der Waals surface area contributed by atoms with Gasteiger partial charge >= 0.3 is 0 Å². The zero-order chi connectivity index (χ0) is 20.5. The van der Waals surface area contributed by atoms with Gasteiger partial charge in [0, 0.05) is 64.0 Å². The van der Waals surface area contributed by atoms with E-state index < -0.39 is 0 Å². The summed E-state index contributed by atoms with van der Waals surface area (Å²) in [6.07, 6.45) is 0.767. The van der Waals surface area contributed by atoms with Crippen molar-refractivity contribution in [3.05, 3.63) is 17.7 Å². The van der Waals surface area contributed by atoms with Gasteiger partial charge in [0.05, 0.1) is 21.3 Å². The molecule has 1 aromatic rings. The first-order valence-electron chi connectivity index (χ1n) is 9.99. The topological polar surface area (TPSA) is 58.6 Å². The zero-order valence-electron chi connectivity index (χ0n) is 18.2. The van der Waals surface area contributed by atoms with Crippen LogP contribution in [0.2, 0.25) is 0 Å².